The van der Waals surface area contributed by atoms with Crippen LogP contribution in [0.1, 0.15) is 22.5 Å². The van der Waals surface area contributed by atoms with Gasteiger partial charge < -0.3 is 14.8 Å². The first-order valence-electron chi connectivity index (χ1n) is 8.31. The third-order valence-corrected chi connectivity index (χ3v) is 4.80. The monoisotopic (exact) mass is 363 g/mol. The Morgan fingerprint density at radius 2 is 1.92 bits per heavy atom. The number of aromatic nitrogens is 2. The summed E-state index contributed by atoms with van der Waals surface area (Å²) in [6.45, 7) is 8.24. The molecule has 0 saturated heterocycles. The second-order valence-corrected chi connectivity index (χ2v) is 6.54. The molecule has 1 N–H and O–H groups in total. The molecule has 0 spiro atoms. The molecule has 1 aromatic heterocycles. The molecule has 0 fully saturated rings. The SMILES string of the molecule is Cc1nn(CCNC(=O)Cc2cc3c(cc2Cl)OCCO3)c(C)c1C. The molecule has 2 heterocycles. The number of aryl methyl sites for hydroxylation is 1. The van der Waals surface area contributed by atoms with Crippen LogP contribution < -0.4 is 14.8 Å². The van der Waals surface area contributed by atoms with E-state index in [1.165, 1.54) is 5.56 Å². The molecule has 0 aliphatic carbocycles. The van der Waals surface area contributed by atoms with E-state index in [9.17, 15) is 4.79 Å². The Labute approximate surface area is 152 Å². The Morgan fingerprint density at radius 3 is 2.56 bits per heavy atom. The summed E-state index contributed by atoms with van der Waals surface area (Å²) in [6.07, 6.45) is 0.200. The van der Waals surface area contributed by atoms with Crippen molar-refractivity contribution in [2.75, 3.05) is 19.8 Å². The smallest absolute Gasteiger partial charge is 0.224 e. The van der Waals surface area contributed by atoms with Gasteiger partial charge in [-0.25, -0.2) is 0 Å². The van der Waals surface area contributed by atoms with E-state index in [-0.39, 0.29) is 12.3 Å². The number of amides is 1. The maximum atomic E-state index is 12.2. The fraction of sp³-hybridized carbons (Fsp3) is 0.444. The van der Waals surface area contributed by atoms with Crippen LogP contribution in [0.5, 0.6) is 11.5 Å². The van der Waals surface area contributed by atoms with Crippen molar-refractivity contribution in [3.8, 4) is 11.5 Å². The molecule has 0 unspecified atom stereocenters. The summed E-state index contributed by atoms with van der Waals surface area (Å²) in [4.78, 5) is 12.2. The van der Waals surface area contributed by atoms with Crippen molar-refractivity contribution < 1.29 is 14.3 Å². The maximum Gasteiger partial charge on any atom is 0.224 e. The zero-order chi connectivity index (χ0) is 18.0. The predicted molar refractivity (Wildman–Crippen MR) is 95.6 cm³/mol. The highest BCUT2D eigenvalue weighted by molar-refractivity contribution is 6.31. The number of carbonyl (C=O) groups is 1. The van der Waals surface area contributed by atoms with Crippen LogP contribution in [0.25, 0.3) is 0 Å². The van der Waals surface area contributed by atoms with E-state index >= 15 is 0 Å². The van der Waals surface area contributed by atoms with E-state index in [0.717, 1.165) is 17.0 Å². The number of hydrogen-bond acceptors (Lipinski definition) is 4. The number of benzene rings is 1. The number of fused-ring (bicyclic) bond motifs is 1. The zero-order valence-corrected chi connectivity index (χ0v) is 15.4. The van der Waals surface area contributed by atoms with Gasteiger partial charge in [-0.1, -0.05) is 11.6 Å². The number of nitrogens with one attached hydrogen (secondary N) is 1. The molecular formula is C18H22ClN3O3. The number of rotatable bonds is 5. The lowest BCUT2D eigenvalue weighted by atomic mass is 10.1. The molecule has 25 heavy (non-hydrogen) atoms. The zero-order valence-electron chi connectivity index (χ0n) is 14.7. The molecule has 2 aromatic rings. The van der Waals surface area contributed by atoms with Gasteiger partial charge in [-0.15, -0.1) is 0 Å². The maximum absolute atomic E-state index is 12.2. The second-order valence-electron chi connectivity index (χ2n) is 6.13. The molecule has 0 saturated carbocycles. The summed E-state index contributed by atoms with van der Waals surface area (Å²) in [7, 11) is 0. The Balaban J connectivity index is 1.56. The topological polar surface area (TPSA) is 65.4 Å². The summed E-state index contributed by atoms with van der Waals surface area (Å²) in [5.41, 5.74) is 4.06. The van der Waals surface area contributed by atoms with Crippen molar-refractivity contribution >= 4 is 17.5 Å². The molecule has 1 aliphatic heterocycles. The first kappa shape index (κ1) is 17.6. The van der Waals surface area contributed by atoms with Gasteiger partial charge in [0, 0.05) is 23.3 Å². The number of hydrogen-bond donors (Lipinski definition) is 1. The Kier molecular flexibility index (Phi) is 5.18. The third kappa shape index (κ3) is 3.90. The third-order valence-electron chi connectivity index (χ3n) is 4.45. The van der Waals surface area contributed by atoms with Gasteiger partial charge >= 0.3 is 0 Å². The average Bonchev–Trinajstić information content (AvgIpc) is 2.83. The second kappa shape index (κ2) is 7.35. The normalized spacial score (nSPS) is 13.0. The summed E-state index contributed by atoms with van der Waals surface area (Å²) in [6, 6.07) is 3.48. The largest absolute Gasteiger partial charge is 0.486 e. The highest BCUT2D eigenvalue weighted by atomic mass is 35.5. The summed E-state index contributed by atoms with van der Waals surface area (Å²) >= 11 is 6.25. The lowest BCUT2D eigenvalue weighted by molar-refractivity contribution is -0.120. The lowest BCUT2D eigenvalue weighted by Gasteiger charge is -2.19. The fourth-order valence-corrected chi connectivity index (χ4v) is 3.00. The van der Waals surface area contributed by atoms with Crippen LogP contribution in [0.4, 0.5) is 0 Å². The minimum Gasteiger partial charge on any atom is -0.486 e. The van der Waals surface area contributed by atoms with E-state index in [1.54, 1.807) is 12.1 Å². The van der Waals surface area contributed by atoms with Crippen molar-refractivity contribution in [1.82, 2.24) is 15.1 Å². The number of nitrogens with zero attached hydrogens (tertiary/aromatic N) is 2. The van der Waals surface area contributed by atoms with E-state index < -0.39 is 0 Å². The van der Waals surface area contributed by atoms with E-state index in [0.29, 0.717) is 42.8 Å². The van der Waals surface area contributed by atoms with Crippen LogP contribution >= 0.6 is 11.6 Å². The first-order valence-corrected chi connectivity index (χ1v) is 8.69. The fourth-order valence-electron chi connectivity index (χ4n) is 2.78. The molecule has 7 heteroatoms. The molecule has 0 radical (unpaired) electrons. The van der Waals surface area contributed by atoms with Crippen LogP contribution in [0.2, 0.25) is 5.02 Å². The van der Waals surface area contributed by atoms with Crippen molar-refractivity contribution in [3.63, 3.8) is 0 Å². The van der Waals surface area contributed by atoms with E-state index in [2.05, 4.69) is 17.3 Å². The molecule has 6 nitrogen and oxygen atoms in total. The molecule has 0 bridgehead atoms. The molecule has 1 aromatic carbocycles. The van der Waals surface area contributed by atoms with Crippen LogP contribution in [0.15, 0.2) is 12.1 Å². The van der Waals surface area contributed by atoms with Gasteiger partial charge in [0.2, 0.25) is 5.91 Å². The van der Waals surface area contributed by atoms with Crippen LogP contribution in [0, 0.1) is 20.8 Å². The van der Waals surface area contributed by atoms with Crippen molar-refractivity contribution in [1.29, 1.82) is 0 Å². The first-order chi connectivity index (χ1) is 12.0. The van der Waals surface area contributed by atoms with Gasteiger partial charge in [0.25, 0.3) is 0 Å². The summed E-state index contributed by atoms with van der Waals surface area (Å²) < 4.78 is 12.9. The Morgan fingerprint density at radius 1 is 1.24 bits per heavy atom. The van der Waals surface area contributed by atoms with Crippen molar-refractivity contribution in [2.24, 2.45) is 0 Å². The molecule has 1 amide bonds. The molecule has 134 valence electrons. The number of halogens is 1. The number of ether oxygens (including phenoxy) is 2. The van der Waals surface area contributed by atoms with Gasteiger partial charge in [0.15, 0.2) is 11.5 Å². The van der Waals surface area contributed by atoms with Gasteiger partial charge in [-0.05, 0) is 38.0 Å². The number of carbonyl (C=O) groups excluding carboxylic acids is 1. The van der Waals surface area contributed by atoms with Gasteiger partial charge in [-0.2, -0.15) is 5.10 Å². The van der Waals surface area contributed by atoms with Crippen LogP contribution in [0.3, 0.4) is 0 Å². The lowest BCUT2D eigenvalue weighted by Crippen LogP contribution is -2.29. The van der Waals surface area contributed by atoms with E-state index in [1.807, 2.05) is 18.5 Å². The molecule has 3 rings (SSSR count). The Hall–Kier alpha value is -2.21. The highest BCUT2D eigenvalue weighted by Gasteiger charge is 2.16. The quantitative estimate of drug-likeness (QED) is 0.886. The van der Waals surface area contributed by atoms with Crippen LogP contribution in [-0.2, 0) is 17.8 Å². The van der Waals surface area contributed by atoms with Gasteiger partial charge in [-0.3, -0.25) is 9.48 Å². The van der Waals surface area contributed by atoms with Gasteiger partial charge in [0.1, 0.15) is 13.2 Å². The highest BCUT2D eigenvalue weighted by Crippen LogP contribution is 2.35. The predicted octanol–water partition coefficient (Wildman–Crippen LogP) is 2.59. The van der Waals surface area contributed by atoms with Crippen LogP contribution in [-0.4, -0.2) is 35.4 Å². The molecule has 1 aliphatic rings. The Bertz CT molecular complexity index is 801. The minimum atomic E-state index is -0.0863. The summed E-state index contributed by atoms with van der Waals surface area (Å²) in [5, 5.41) is 7.89. The van der Waals surface area contributed by atoms with Gasteiger partial charge in [0.05, 0.1) is 18.7 Å². The van der Waals surface area contributed by atoms with E-state index in [4.69, 9.17) is 21.1 Å². The van der Waals surface area contributed by atoms with Crippen molar-refractivity contribution in [3.05, 3.63) is 39.7 Å². The van der Waals surface area contributed by atoms with Crippen molar-refractivity contribution in [2.45, 2.75) is 33.7 Å². The average molecular weight is 364 g/mol. The minimum absolute atomic E-state index is 0.0863. The summed E-state index contributed by atoms with van der Waals surface area (Å²) in [5.74, 6) is 1.17. The molecule has 0 atom stereocenters. The standard InChI is InChI=1S/C18H22ClN3O3/c1-11-12(2)21-22(13(11)3)5-4-20-18(23)9-14-8-16-17(10-15(14)19)25-7-6-24-16/h8,10H,4-7,9H2,1-3H3,(H,20,23). The molecular weight excluding hydrogens is 342 g/mol.